The Kier molecular flexibility index (Phi) is 2.83. The van der Waals surface area contributed by atoms with Crippen LogP contribution < -0.4 is 16.0 Å². The maximum absolute atomic E-state index is 11.7. The highest BCUT2D eigenvalue weighted by atomic mass is 16.2. The van der Waals surface area contributed by atoms with Crippen molar-refractivity contribution >= 4 is 17.3 Å². The lowest BCUT2D eigenvalue weighted by atomic mass is 10.0. The van der Waals surface area contributed by atoms with Crippen LogP contribution in [-0.4, -0.2) is 18.5 Å². The van der Waals surface area contributed by atoms with Crippen LogP contribution in [0.1, 0.15) is 19.4 Å². The average molecular weight is 219 g/mol. The number of carbonyl (C=O) groups is 1. The molecule has 0 aromatic heterocycles. The van der Waals surface area contributed by atoms with Crippen LogP contribution in [0.5, 0.6) is 0 Å². The third kappa shape index (κ3) is 1.55. The standard InChI is InChI=1S/C12H17N3O/c1-3-15-8(2)12(16)14-10-6-4-5-9(7-13)11(10)15/h4-6,8H,3,7,13H2,1-2H3,(H,14,16). The minimum absolute atomic E-state index is 0.0449. The molecular weight excluding hydrogens is 202 g/mol. The number of amides is 1. The Bertz CT molecular complexity index is 417. The summed E-state index contributed by atoms with van der Waals surface area (Å²) >= 11 is 0. The number of para-hydroxylation sites is 1. The number of anilines is 2. The second-order valence-corrected chi connectivity index (χ2v) is 3.97. The molecule has 86 valence electrons. The van der Waals surface area contributed by atoms with Gasteiger partial charge in [0.25, 0.3) is 0 Å². The first kappa shape index (κ1) is 11.0. The Balaban J connectivity index is 2.55. The number of rotatable bonds is 2. The molecule has 3 N–H and O–H groups in total. The van der Waals surface area contributed by atoms with Gasteiger partial charge in [0.05, 0.1) is 11.4 Å². The summed E-state index contributed by atoms with van der Waals surface area (Å²) in [6.07, 6.45) is 0. The maximum atomic E-state index is 11.7. The van der Waals surface area contributed by atoms with Crippen molar-refractivity contribution in [3.63, 3.8) is 0 Å². The molecule has 1 atom stereocenters. The highest BCUT2D eigenvalue weighted by Crippen LogP contribution is 2.34. The fraction of sp³-hybridized carbons (Fsp3) is 0.417. The molecule has 1 amide bonds. The first-order chi connectivity index (χ1) is 7.69. The van der Waals surface area contributed by atoms with E-state index in [4.69, 9.17) is 5.73 Å². The highest BCUT2D eigenvalue weighted by Gasteiger charge is 2.29. The summed E-state index contributed by atoms with van der Waals surface area (Å²) in [5, 5.41) is 2.91. The molecule has 0 radical (unpaired) electrons. The van der Waals surface area contributed by atoms with E-state index in [0.717, 1.165) is 23.5 Å². The lowest BCUT2D eigenvalue weighted by Gasteiger charge is -2.36. The third-order valence-corrected chi connectivity index (χ3v) is 3.07. The topological polar surface area (TPSA) is 58.4 Å². The summed E-state index contributed by atoms with van der Waals surface area (Å²) in [5.74, 6) is 0.0449. The number of nitrogens with zero attached hydrogens (tertiary/aromatic N) is 1. The smallest absolute Gasteiger partial charge is 0.246 e. The summed E-state index contributed by atoms with van der Waals surface area (Å²) < 4.78 is 0. The first-order valence-corrected chi connectivity index (χ1v) is 5.58. The number of likely N-dealkylation sites (N-methyl/N-ethyl adjacent to an activating group) is 1. The molecule has 0 saturated carbocycles. The van der Waals surface area contributed by atoms with Crippen LogP contribution in [-0.2, 0) is 11.3 Å². The van der Waals surface area contributed by atoms with E-state index in [2.05, 4.69) is 10.2 Å². The van der Waals surface area contributed by atoms with Crippen molar-refractivity contribution in [2.24, 2.45) is 5.73 Å². The van der Waals surface area contributed by atoms with Gasteiger partial charge in [-0.05, 0) is 25.5 Å². The van der Waals surface area contributed by atoms with E-state index < -0.39 is 0 Å². The zero-order chi connectivity index (χ0) is 11.7. The summed E-state index contributed by atoms with van der Waals surface area (Å²) in [6, 6.07) is 5.71. The molecule has 2 rings (SSSR count). The average Bonchev–Trinajstić information content (AvgIpc) is 2.30. The third-order valence-electron chi connectivity index (χ3n) is 3.07. The van der Waals surface area contributed by atoms with Crippen LogP contribution in [0.25, 0.3) is 0 Å². The zero-order valence-electron chi connectivity index (χ0n) is 9.66. The molecule has 4 heteroatoms. The van der Waals surface area contributed by atoms with E-state index in [1.165, 1.54) is 0 Å². The van der Waals surface area contributed by atoms with Crippen LogP contribution in [0.3, 0.4) is 0 Å². The molecule has 0 saturated heterocycles. The summed E-state index contributed by atoms with van der Waals surface area (Å²) in [7, 11) is 0. The number of carbonyl (C=O) groups excluding carboxylic acids is 1. The van der Waals surface area contributed by atoms with Crippen molar-refractivity contribution in [3.8, 4) is 0 Å². The molecule has 16 heavy (non-hydrogen) atoms. The Labute approximate surface area is 95.4 Å². The van der Waals surface area contributed by atoms with Crippen molar-refractivity contribution in [2.45, 2.75) is 26.4 Å². The van der Waals surface area contributed by atoms with Crippen LogP contribution in [0.15, 0.2) is 18.2 Å². The van der Waals surface area contributed by atoms with Crippen LogP contribution in [0.2, 0.25) is 0 Å². The minimum Gasteiger partial charge on any atom is -0.358 e. The normalized spacial score (nSPS) is 19.3. The Hall–Kier alpha value is -1.55. The Morgan fingerprint density at radius 1 is 1.50 bits per heavy atom. The van der Waals surface area contributed by atoms with Crippen LogP contribution in [0.4, 0.5) is 11.4 Å². The molecule has 1 aromatic rings. The molecule has 1 heterocycles. The van der Waals surface area contributed by atoms with E-state index in [0.29, 0.717) is 6.54 Å². The van der Waals surface area contributed by atoms with E-state index in [9.17, 15) is 4.79 Å². The lowest BCUT2D eigenvalue weighted by molar-refractivity contribution is -0.117. The number of nitrogens with one attached hydrogen (secondary N) is 1. The van der Waals surface area contributed by atoms with Gasteiger partial charge in [0.2, 0.25) is 5.91 Å². The van der Waals surface area contributed by atoms with Gasteiger partial charge >= 0.3 is 0 Å². The van der Waals surface area contributed by atoms with Gasteiger partial charge in [-0.25, -0.2) is 0 Å². The molecule has 1 aliphatic rings. The van der Waals surface area contributed by atoms with Gasteiger partial charge in [0, 0.05) is 13.1 Å². The van der Waals surface area contributed by atoms with Crippen molar-refractivity contribution in [1.82, 2.24) is 0 Å². The fourth-order valence-corrected chi connectivity index (χ4v) is 2.20. The maximum Gasteiger partial charge on any atom is 0.246 e. The molecule has 0 spiro atoms. The predicted octanol–water partition coefficient (Wildman–Crippen LogP) is 1.31. The Morgan fingerprint density at radius 3 is 2.88 bits per heavy atom. The molecule has 1 aromatic carbocycles. The largest absolute Gasteiger partial charge is 0.358 e. The SMILES string of the molecule is CCN1c2c(CN)cccc2NC(=O)C1C. The molecule has 4 nitrogen and oxygen atoms in total. The zero-order valence-corrected chi connectivity index (χ0v) is 9.66. The predicted molar refractivity (Wildman–Crippen MR) is 65.4 cm³/mol. The van der Waals surface area contributed by atoms with Gasteiger partial charge in [-0.2, -0.15) is 0 Å². The van der Waals surface area contributed by atoms with E-state index in [1.807, 2.05) is 32.0 Å². The first-order valence-electron chi connectivity index (χ1n) is 5.58. The van der Waals surface area contributed by atoms with Gasteiger partial charge in [0.1, 0.15) is 6.04 Å². The molecule has 0 aliphatic carbocycles. The van der Waals surface area contributed by atoms with E-state index in [1.54, 1.807) is 0 Å². The lowest BCUT2D eigenvalue weighted by Crippen LogP contribution is -2.46. The van der Waals surface area contributed by atoms with Gasteiger partial charge < -0.3 is 16.0 Å². The molecule has 0 bridgehead atoms. The van der Waals surface area contributed by atoms with Crippen LogP contribution in [0, 0.1) is 0 Å². The Morgan fingerprint density at radius 2 is 2.25 bits per heavy atom. The molecule has 1 unspecified atom stereocenters. The quantitative estimate of drug-likeness (QED) is 0.788. The number of hydrogen-bond acceptors (Lipinski definition) is 3. The van der Waals surface area contributed by atoms with E-state index in [-0.39, 0.29) is 11.9 Å². The second kappa shape index (κ2) is 4.14. The number of hydrogen-bond donors (Lipinski definition) is 2. The monoisotopic (exact) mass is 219 g/mol. The van der Waals surface area contributed by atoms with Gasteiger partial charge in [-0.15, -0.1) is 0 Å². The van der Waals surface area contributed by atoms with Crippen molar-refractivity contribution < 1.29 is 4.79 Å². The summed E-state index contributed by atoms with van der Waals surface area (Å²) in [4.78, 5) is 13.8. The second-order valence-electron chi connectivity index (χ2n) is 3.97. The van der Waals surface area contributed by atoms with Gasteiger partial charge in [-0.1, -0.05) is 12.1 Å². The van der Waals surface area contributed by atoms with Gasteiger partial charge in [0.15, 0.2) is 0 Å². The molecule has 0 fully saturated rings. The number of nitrogens with two attached hydrogens (primary N) is 1. The van der Waals surface area contributed by atoms with Crippen molar-refractivity contribution in [1.29, 1.82) is 0 Å². The van der Waals surface area contributed by atoms with E-state index >= 15 is 0 Å². The molecular formula is C12H17N3O. The molecule has 1 aliphatic heterocycles. The minimum atomic E-state index is -0.134. The highest BCUT2D eigenvalue weighted by molar-refractivity contribution is 6.03. The van der Waals surface area contributed by atoms with Crippen LogP contribution >= 0.6 is 0 Å². The number of benzene rings is 1. The fourth-order valence-electron chi connectivity index (χ4n) is 2.20. The number of fused-ring (bicyclic) bond motifs is 1. The van der Waals surface area contributed by atoms with Gasteiger partial charge in [-0.3, -0.25) is 4.79 Å². The summed E-state index contributed by atoms with van der Waals surface area (Å²) in [6.45, 7) is 5.25. The van der Waals surface area contributed by atoms with Crippen molar-refractivity contribution in [3.05, 3.63) is 23.8 Å². The van der Waals surface area contributed by atoms with Crippen molar-refractivity contribution in [2.75, 3.05) is 16.8 Å². The summed E-state index contributed by atoms with van der Waals surface area (Å²) in [5.41, 5.74) is 8.74.